The molecule has 0 saturated heterocycles. The molecule has 6 heteroatoms. The number of fused-ring (bicyclic) bond motifs is 3. The van der Waals surface area contributed by atoms with Gasteiger partial charge in [0.15, 0.2) is 5.41 Å². The van der Waals surface area contributed by atoms with Crippen LogP contribution in [-0.4, -0.2) is 34.8 Å². The van der Waals surface area contributed by atoms with E-state index in [2.05, 4.69) is 17.6 Å². The summed E-state index contributed by atoms with van der Waals surface area (Å²) in [5.74, 6) is -0.186. The van der Waals surface area contributed by atoms with Gasteiger partial charge in [-0.05, 0) is 84.1 Å². The molecule has 33 heavy (non-hydrogen) atoms. The fourth-order valence-electron chi connectivity index (χ4n) is 4.92. The minimum Gasteiger partial charge on any atom is -0.497 e. The summed E-state index contributed by atoms with van der Waals surface area (Å²) in [6.07, 6.45) is 2.41. The molecular weight excluding hydrogens is 418 g/mol. The Morgan fingerprint density at radius 1 is 1.06 bits per heavy atom. The van der Waals surface area contributed by atoms with Gasteiger partial charge in [0.25, 0.3) is 0 Å². The molecule has 0 amide bonds. The number of carbonyl (C=O) groups is 2. The second-order valence-corrected chi connectivity index (χ2v) is 11.3. The van der Waals surface area contributed by atoms with Crippen LogP contribution in [-0.2, 0) is 32.5 Å². The predicted molar refractivity (Wildman–Crippen MR) is 130 cm³/mol. The number of methoxy groups -OCH3 is 1. The number of nitrogens with zero attached hydrogens (tertiary/aromatic N) is 1. The molecule has 0 radical (unpaired) electrons. The van der Waals surface area contributed by atoms with Crippen LogP contribution in [0.2, 0.25) is 0 Å². The number of esters is 2. The standard InChI is InChI=1S/C27H39NO5/c1-10-11-17-15-27(23(29)32-25(2,3)4,24(30)33-26(5,6)7)16-21-22(17)19-14-18(31-9)12-13-20(19)28(21)8/h12-14,17H,10-11,15-16H2,1-9H3/t17-/m1/s1. The lowest BCUT2D eigenvalue weighted by Crippen LogP contribution is -2.50. The Hall–Kier alpha value is -2.50. The minimum atomic E-state index is -1.39. The summed E-state index contributed by atoms with van der Waals surface area (Å²) < 4.78 is 19.3. The summed E-state index contributed by atoms with van der Waals surface area (Å²) in [4.78, 5) is 27.4. The molecule has 6 nitrogen and oxygen atoms in total. The Bertz CT molecular complexity index is 1020. The van der Waals surface area contributed by atoms with Gasteiger partial charge in [-0.25, -0.2) is 0 Å². The van der Waals surface area contributed by atoms with E-state index in [4.69, 9.17) is 14.2 Å². The van der Waals surface area contributed by atoms with Crippen LogP contribution in [0.1, 0.15) is 84.9 Å². The van der Waals surface area contributed by atoms with E-state index in [0.29, 0.717) is 6.42 Å². The fourth-order valence-corrected chi connectivity index (χ4v) is 4.92. The largest absolute Gasteiger partial charge is 0.497 e. The van der Waals surface area contributed by atoms with Gasteiger partial charge in [-0.2, -0.15) is 0 Å². The Morgan fingerprint density at radius 2 is 1.64 bits per heavy atom. The van der Waals surface area contributed by atoms with Gasteiger partial charge >= 0.3 is 11.9 Å². The summed E-state index contributed by atoms with van der Waals surface area (Å²) in [7, 11) is 3.66. The zero-order valence-corrected chi connectivity index (χ0v) is 21.6. The van der Waals surface area contributed by atoms with E-state index in [9.17, 15) is 9.59 Å². The van der Waals surface area contributed by atoms with E-state index in [1.165, 1.54) is 5.56 Å². The van der Waals surface area contributed by atoms with Gasteiger partial charge in [-0.1, -0.05) is 13.3 Å². The van der Waals surface area contributed by atoms with E-state index < -0.39 is 28.6 Å². The number of hydrogen-bond donors (Lipinski definition) is 0. The van der Waals surface area contributed by atoms with Crippen molar-refractivity contribution in [3.63, 3.8) is 0 Å². The highest BCUT2D eigenvalue weighted by Gasteiger charge is 2.56. The quantitative estimate of drug-likeness (QED) is 0.426. The number of carbonyl (C=O) groups excluding carboxylic acids is 2. The zero-order chi connectivity index (χ0) is 24.8. The number of aryl methyl sites for hydroxylation is 1. The van der Waals surface area contributed by atoms with Gasteiger partial charge in [0, 0.05) is 30.1 Å². The average molecular weight is 458 g/mol. The number of rotatable bonds is 5. The molecule has 0 unspecified atom stereocenters. The van der Waals surface area contributed by atoms with E-state index >= 15 is 0 Å². The summed E-state index contributed by atoms with van der Waals surface area (Å²) in [5, 5.41) is 1.12. The molecule has 1 aromatic carbocycles. The topological polar surface area (TPSA) is 66.8 Å². The summed E-state index contributed by atoms with van der Waals surface area (Å²) in [6.45, 7) is 13.1. The summed E-state index contributed by atoms with van der Waals surface area (Å²) in [5.41, 5.74) is 0.444. The zero-order valence-electron chi connectivity index (χ0n) is 21.6. The van der Waals surface area contributed by atoms with Crippen molar-refractivity contribution in [3.8, 4) is 5.75 Å². The molecule has 0 saturated carbocycles. The highest BCUT2D eigenvalue weighted by molar-refractivity contribution is 6.02. The summed E-state index contributed by atoms with van der Waals surface area (Å²) in [6, 6.07) is 6.04. The molecule has 1 aliphatic carbocycles. The second-order valence-electron chi connectivity index (χ2n) is 11.3. The Labute approximate surface area is 197 Å². The lowest BCUT2D eigenvalue weighted by molar-refractivity contribution is -0.187. The van der Waals surface area contributed by atoms with Crippen molar-refractivity contribution in [3.05, 3.63) is 29.5 Å². The van der Waals surface area contributed by atoms with Gasteiger partial charge in [-0.3, -0.25) is 9.59 Å². The lowest BCUT2D eigenvalue weighted by atomic mass is 9.67. The molecule has 2 aromatic rings. The number of ether oxygens (including phenoxy) is 3. The Morgan fingerprint density at radius 3 is 2.12 bits per heavy atom. The Balaban J connectivity index is 2.23. The van der Waals surface area contributed by atoms with Gasteiger partial charge in [0.1, 0.15) is 17.0 Å². The van der Waals surface area contributed by atoms with Gasteiger partial charge in [0.2, 0.25) is 0 Å². The first kappa shape index (κ1) is 25.1. The summed E-state index contributed by atoms with van der Waals surface area (Å²) >= 11 is 0. The van der Waals surface area contributed by atoms with E-state index in [1.54, 1.807) is 7.11 Å². The molecular formula is C27H39NO5. The maximum absolute atomic E-state index is 13.7. The van der Waals surface area contributed by atoms with Crippen molar-refractivity contribution in [1.82, 2.24) is 4.57 Å². The molecule has 0 aliphatic heterocycles. The monoisotopic (exact) mass is 457 g/mol. The molecule has 1 heterocycles. The third-order valence-electron chi connectivity index (χ3n) is 6.26. The first-order valence-electron chi connectivity index (χ1n) is 11.8. The van der Waals surface area contributed by atoms with Gasteiger partial charge in [-0.15, -0.1) is 0 Å². The van der Waals surface area contributed by atoms with Crippen LogP contribution >= 0.6 is 0 Å². The van der Waals surface area contributed by atoms with E-state index in [0.717, 1.165) is 35.2 Å². The highest BCUT2D eigenvalue weighted by atomic mass is 16.6. The first-order valence-corrected chi connectivity index (χ1v) is 11.8. The molecule has 0 fully saturated rings. The maximum Gasteiger partial charge on any atom is 0.324 e. The normalized spacial score (nSPS) is 18.0. The first-order chi connectivity index (χ1) is 15.2. The van der Waals surface area contributed by atoms with Crippen molar-refractivity contribution in [2.75, 3.05) is 7.11 Å². The van der Waals surface area contributed by atoms with Crippen LogP contribution in [0.5, 0.6) is 5.75 Å². The molecule has 0 bridgehead atoms. The molecule has 1 aromatic heterocycles. The maximum atomic E-state index is 13.7. The van der Waals surface area contributed by atoms with Crippen molar-refractivity contribution >= 4 is 22.8 Å². The average Bonchev–Trinajstić information content (AvgIpc) is 2.97. The second kappa shape index (κ2) is 8.69. The molecule has 0 N–H and O–H groups in total. The molecule has 1 atom stereocenters. The van der Waals surface area contributed by atoms with Crippen molar-refractivity contribution in [2.24, 2.45) is 12.5 Å². The minimum absolute atomic E-state index is 0.0228. The SMILES string of the molecule is CCC[C@@H]1CC(C(=O)OC(C)(C)C)(C(=O)OC(C)(C)C)Cc2c1c1cc(OC)ccc1n2C. The smallest absolute Gasteiger partial charge is 0.324 e. The number of benzene rings is 1. The van der Waals surface area contributed by atoms with E-state index in [-0.39, 0.29) is 12.3 Å². The fraction of sp³-hybridized carbons (Fsp3) is 0.630. The van der Waals surface area contributed by atoms with Crippen LogP contribution in [0.3, 0.4) is 0 Å². The number of hydrogen-bond acceptors (Lipinski definition) is 5. The van der Waals surface area contributed by atoms with E-state index in [1.807, 2.05) is 60.7 Å². The number of aromatic nitrogens is 1. The van der Waals surface area contributed by atoms with Gasteiger partial charge < -0.3 is 18.8 Å². The third kappa shape index (κ3) is 4.90. The van der Waals surface area contributed by atoms with Crippen LogP contribution in [0.4, 0.5) is 0 Å². The highest BCUT2D eigenvalue weighted by Crippen LogP contribution is 2.50. The van der Waals surface area contributed by atoms with Crippen LogP contribution in [0.25, 0.3) is 10.9 Å². The van der Waals surface area contributed by atoms with Gasteiger partial charge in [0.05, 0.1) is 7.11 Å². The van der Waals surface area contributed by atoms with Crippen LogP contribution in [0.15, 0.2) is 18.2 Å². The van der Waals surface area contributed by atoms with Crippen molar-refractivity contribution in [2.45, 2.75) is 91.3 Å². The van der Waals surface area contributed by atoms with Crippen LogP contribution in [0, 0.1) is 5.41 Å². The lowest BCUT2D eigenvalue weighted by Gasteiger charge is -2.40. The van der Waals surface area contributed by atoms with Crippen LogP contribution < -0.4 is 4.74 Å². The molecule has 3 rings (SSSR count). The third-order valence-corrected chi connectivity index (χ3v) is 6.26. The molecule has 182 valence electrons. The Kier molecular flexibility index (Phi) is 6.62. The van der Waals surface area contributed by atoms with Crippen molar-refractivity contribution in [1.29, 1.82) is 0 Å². The van der Waals surface area contributed by atoms with Crippen molar-refractivity contribution < 1.29 is 23.8 Å². The predicted octanol–water partition coefficient (Wildman–Crippen LogP) is 5.69. The molecule has 0 spiro atoms. The molecule has 1 aliphatic rings.